The predicted octanol–water partition coefficient (Wildman–Crippen LogP) is 3.05. The van der Waals surface area contributed by atoms with Gasteiger partial charge in [-0.1, -0.05) is 23.2 Å². The van der Waals surface area contributed by atoms with Crippen molar-refractivity contribution in [1.29, 1.82) is 0 Å². The zero-order valence-corrected chi connectivity index (χ0v) is 14.2. The molecule has 3 rings (SSSR count). The van der Waals surface area contributed by atoms with Crippen LogP contribution in [0, 0.1) is 6.92 Å². The first-order chi connectivity index (χ1) is 11.0. The van der Waals surface area contributed by atoms with Crippen molar-refractivity contribution in [3.63, 3.8) is 0 Å². The summed E-state index contributed by atoms with van der Waals surface area (Å²) in [6, 6.07) is 6.89. The highest BCUT2D eigenvalue weighted by atomic mass is 35.5. The molecule has 23 heavy (non-hydrogen) atoms. The molecule has 0 spiro atoms. The summed E-state index contributed by atoms with van der Waals surface area (Å²) in [5.74, 6) is 0.807. The van der Waals surface area contributed by atoms with Crippen molar-refractivity contribution in [2.45, 2.75) is 6.92 Å². The summed E-state index contributed by atoms with van der Waals surface area (Å²) in [5.41, 5.74) is 1.38. The number of hydrogen-bond acceptors (Lipinski definition) is 4. The lowest BCUT2D eigenvalue weighted by atomic mass is 10.1. The van der Waals surface area contributed by atoms with Gasteiger partial charge in [0.05, 0.1) is 10.6 Å². The Balaban J connectivity index is 1.69. The molecule has 0 N–H and O–H groups in total. The highest BCUT2D eigenvalue weighted by Crippen LogP contribution is 2.23. The largest absolute Gasteiger partial charge is 0.353 e. The van der Waals surface area contributed by atoms with Crippen LogP contribution in [0.15, 0.2) is 30.6 Å². The first kappa shape index (κ1) is 16.0. The van der Waals surface area contributed by atoms with E-state index in [-0.39, 0.29) is 5.91 Å². The first-order valence-electron chi connectivity index (χ1n) is 7.32. The minimum absolute atomic E-state index is 0.0870. The lowest BCUT2D eigenvalue weighted by Crippen LogP contribution is -2.49. The average Bonchev–Trinajstić information content (AvgIpc) is 2.56. The van der Waals surface area contributed by atoms with Gasteiger partial charge in [0.25, 0.3) is 5.91 Å². The number of hydrogen-bond donors (Lipinski definition) is 0. The molecule has 7 heteroatoms. The maximum absolute atomic E-state index is 12.6. The molecule has 2 heterocycles. The van der Waals surface area contributed by atoms with Gasteiger partial charge < -0.3 is 9.80 Å². The van der Waals surface area contributed by atoms with Crippen molar-refractivity contribution >= 4 is 34.9 Å². The number of halogens is 2. The molecule has 5 nitrogen and oxygen atoms in total. The van der Waals surface area contributed by atoms with Crippen molar-refractivity contribution in [3.05, 3.63) is 51.9 Å². The molecule has 1 amide bonds. The van der Waals surface area contributed by atoms with E-state index in [0.29, 0.717) is 28.7 Å². The Hall–Kier alpha value is -1.85. The van der Waals surface area contributed by atoms with Crippen LogP contribution in [0.1, 0.15) is 16.1 Å². The molecule has 0 bridgehead atoms. The number of aromatic nitrogens is 2. The lowest BCUT2D eigenvalue weighted by Gasteiger charge is -2.35. The molecular formula is C16H16Cl2N4O. The van der Waals surface area contributed by atoms with E-state index in [1.54, 1.807) is 29.4 Å². The molecule has 0 unspecified atom stereocenters. The van der Waals surface area contributed by atoms with Gasteiger partial charge in [-0.25, -0.2) is 9.97 Å². The summed E-state index contributed by atoms with van der Waals surface area (Å²) in [7, 11) is 0. The normalized spacial score (nSPS) is 14.9. The topological polar surface area (TPSA) is 49.3 Å². The van der Waals surface area contributed by atoms with Crippen LogP contribution in [0.4, 0.5) is 5.82 Å². The van der Waals surface area contributed by atoms with Gasteiger partial charge in [-0.05, 0) is 25.1 Å². The molecular weight excluding hydrogens is 335 g/mol. The van der Waals surface area contributed by atoms with Gasteiger partial charge >= 0.3 is 0 Å². The van der Waals surface area contributed by atoms with Gasteiger partial charge in [0.2, 0.25) is 0 Å². The number of carbonyl (C=O) groups excluding carboxylic acids is 1. The molecule has 0 atom stereocenters. The third-order valence-corrected chi connectivity index (χ3v) is 4.40. The van der Waals surface area contributed by atoms with Crippen molar-refractivity contribution in [3.8, 4) is 0 Å². The zero-order chi connectivity index (χ0) is 16.4. The van der Waals surface area contributed by atoms with Gasteiger partial charge in [-0.3, -0.25) is 4.79 Å². The summed E-state index contributed by atoms with van der Waals surface area (Å²) in [4.78, 5) is 24.9. The zero-order valence-electron chi connectivity index (χ0n) is 12.7. The third-order valence-electron chi connectivity index (χ3n) is 3.84. The van der Waals surface area contributed by atoms with Gasteiger partial charge in [-0.2, -0.15) is 0 Å². The fourth-order valence-corrected chi connectivity index (χ4v) is 2.95. The number of nitrogens with zero attached hydrogens (tertiary/aromatic N) is 4. The Bertz CT molecular complexity index is 730. The number of anilines is 1. The highest BCUT2D eigenvalue weighted by Gasteiger charge is 2.24. The van der Waals surface area contributed by atoms with Crippen LogP contribution in [0.5, 0.6) is 0 Å². The molecule has 1 aromatic carbocycles. The molecule has 1 aliphatic heterocycles. The smallest absolute Gasteiger partial charge is 0.255 e. The molecule has 1 aromatic heterocycles. The summed E-state index contributed by atoms with van der Waals surface area (Å²) in [5, 5.41) is 0.932. The molecule has 120 valence electrons. The number of amides is 1. The number of rotatable bonds is 2. The van der Waals surface area contributed by atoms with E-state index in [1.165, 1.54) is 0 Å². The molecule has 1 saturated heterocycles. The molecule has 1 aliphatic rings. The maximum atomic E-state index is 12.6. The second kappa shape index (κ2) is 6.72. The second-order valence-corrected chi connectivity index (χ2v) is 6.26. The minimum Gasteiger partial charge on any atom is -0.353 e. The standard InChI is InChI=1S/C16H16Cl2N4O/c1-11-8-15(20-10-19-11)21-4-6-22(7-5-21)16(23)13-9-12(17)2-3-14(13)18/h2-3,8-10H,4-7H2,1H3. The van der Waals surface area contributed by atoms with Gasteiger partial charge in [0.1, 0.15) is 12.1 Å². The number of benzene rings is 1. The summed E-state index contributed by atoms with van der Waals surface area (Å²) in [6.45, 7) is 4.61. The molecule has 0 saturated carbocycles. The summed E-state index contributed by atoms with van der Waals surface area (Å²) < 4.78 is 0. The monoisotopic (exact) mass is 350 g/mol. The van der Waals surface area contributed by atoms with E-state index in [2.05, 4.69) is 14.9 Å². The lowest BCUT2D eigenvalue weighted by molar-refractivity contribution is 0.0746. The van der Waals surface area contributed by atoms with Crippen LogP contribution in [0.2, 0.25) is 10.0 Å². The summed E-state index contributed by atoms with van der Waals surface area (Å²) in [6.07, 6.45) is 1.56. The van der Waals surface area contributed by atoms with E-state index >= 15 is 0 Å². The van der Waals surface area contributed by atoms with Gasteiger partial charge in [0.15, 0.2) is 0 Å². The Morgan fingerprint density at radius 1 is 1.09 bits per heavy atom. The number of piperazine rings is 1. The van der Waals surface area contributed by atoms with Crippen molar-refractivity contribution < 1.29 is 4.79 Å². The highest BCUT2D eigenvalue weighted by molar-refractivity contribution is 6.35. The molecule has 0 aliphatic carbocycles. The second-order valence-electron chi connectivity index (χ2n) is 5.42. The number of carbonyl (C=O) groups is 1. The Kier molecular flexibility index (Phi) is 4.68. The quantitative estimate of drug-likeness (QED) is 0.835. The molecule has 0 radical (unpaired) electrons. The van der Waals surface area contributed by atoms with Crippen LogP contribution in [-0.2, 0) is 0 Å². The van der Waals surface area contributed by atoms with Crippen LogP contribution in [0.25, 0.3) is 0 Å². The molecule has 1 fully saturated rings. The van der Waals surface area contributed by atoms with Crippen LogP contribution >= 0.6 is 23.2 Å². The number of aryl methyl sites for hydroxylation is 1. The SMILES string of the molecule is Cc1cc(N2CCN(C(=O)c3cc(Cl)ccc3Cl)CC2)ncn1. The van der Waals surface area contributed by atoms with Crippen molar-refractivity contribution in [2.75, 3.05) is 31.1 Å². The predicted molar refractivity (Wildman–Crippen MR) is 91.3 cm³/mol. The van der Waals surface area contributed by atoms with Crippen molar-refractivity contribution in [1.82, 2.24) is 14.9 Å². The van der Waals surface area contributed by atoms with E-state index in [4.69, 9.17) is 23.2 Å². The van der Waals surface area contributed by atoms with Crippen LogP contribution < -0.4 is 4.90 Å². The maximum Gasteiger partial charge on any atom is 0.255 e. The summed E-state index contributed by atoms with van der Waals surface area (Å²) >= 11 is 12.1. The van der Waals surface area contributed by atoms with E-state index in [9.17, 15) is 4.79 Å². The third kappa shape index (κ3) is 3.57. The minimum atomic E-state index is -0.0870. The molecule has 2 aromatic rings. The van der Waals surface area contributed by atoms with Crippen LogP contribution in [-0.4, -0.2) is 47.0 Å². The van der Waals surface area contributed by atoms with Crippen LogP contribution in [0.3, 0.4) is 0 Å². The Labute approximate surface area is 144 Å². The van der Waals surface area contributed by atoms with E-state index < -0.39 is 0 Å². The van der Waals surface area contributed by atoms with Crippen molar-refractivity contribution in [2.24, 2.45) is 0 Å². The fourth-order valence-electron chi connectivity index (χ4n) is 2.58. The fraction of sp³-hybridized carbons (Fsp3) is 0.312. The van der Waals surface area contributed by atoms with Gasteiger partial charge in [-0.15, -0.1) is 0 Å². The van der Waals surface area contributed by atoms with Gasteiger partial charge in [0, 0.05) is 43.0 Å². The Morgan fingerprint density at radius 3 is 2.52 bits per heavy atom. The average molecular weight is 351 g/mol. The first-order valence-corrected chi connectivity index (χ1v) is 8.08. The van der Waals surface area contributed by atoms with E-state index in [0.717, 1.165) is 24.6 Å². The van der Waals surface area contributed by atoms with E-state index in [1.807, 2.05) is 13.0 Å². The Morgan fingerprint density at radius 2 is 1.83 bits per heavy atom.